The average Bonchev–Trinajstić information content (AvgIpc) is 2.48. The second-order valence-corrected chi connectivity index (χ2v) is 8.06. The monoisotopic (exact) mass is 324 g/mol. The molecule has 0 spiro atoms. The smallest absolute Gasteiger partial charge is 0.0410 e. The van der Waals surface area contributed by atoms with E-state index < -0.39 is 0 Å². The van der Waals surface area contributed by atoms with Gasteiger partial charge in [-0.25, -0.2) is 0 Å². The highest BCUT2D eigenvalue weighted by Gasteiger charge is 2.27. The summed E-state index contributed by atoms with van der Waals surface area (Å²) in [7, 11) is 2.24. The Morgan fingerprint density at radius 1 is 1.38 bits per heavy atom. The summed E-state index contributed by atoms with van der Waals surface area (Å²) in [6.07, 6.45) is 3.88. The van der Waals surface area contributed by atoms with Crippen LogP contribution in [0.4, 0.5) is 0 Å². The van der Waals surface area contributed by atoms with Crippen LogP contribution in [-0.4, -0.2) is 36.8 Å². The Morgan fingerprint density at radius 2 is 2.24 bits per heavy atom. The van der Waals surface area contributed by atoms with Crippen molar-refractivity contribution in [2.24, 2.45) is 5.92 Å². The zero-order valence-corrected chi connectivity index (χ0v) is 14.5. The van der Waals surface area contributed by atoms with Crippen LogP contribution in [0.25, 0.3) is 0 Å². The summed E-state index contributed by atoms with van der Waals surface area (Å²) < 4.78 is 0. The molecule has 4 heteroatoms. The number of benzene rings is 1. The number of nitrogens with zero attached hydrogens (tertiary/aromatic N) is 1. The van der Waals surface area contributed by atoms with Crippen molar-refractivity contribution in [2.45, 2.75) is 43.2 Å². The molecule has 1 aromatic rings. The van der Waals surface area contributed by atoms with Crippen LogP contribution < -0.4 is 5.32 Å². The van der Waals surface area contributed by atoms with Crippen molar-refractivity contribution in [1.29, 1.82) is 0 Å². The minimum absolute atomic E-state index is 0.460. The summed E-state index contributed by atoms with van der Waals surface area (Å²) in [6, 6.07) is 7.36. The first-order valence-corrected chi connectivity index (χ1v) is 9.36. The van der Waals surface area contributed by atoms with Gasteiger partial charge in [0.2, 0.25) is 0 Å². The number of likely N-dealkylation sites (tertiary alicyclic amines) is 1. The van der Waals surface area contributed by atoms with E-state index in [0.717, 1.165) is 10.9 Å². The molecule has 0 amide bonds. The molecular weight excluding hydrogens is 300 g/mol. The van der Waals surface area contributed by atoms with E-state index in [1.165, 1.54) is 48.6 Å². The van der Waals surface area contributed by atoms with Crippen LogP contribution in [-0.2, 0) is 0 Å². The lowest BCUT2D eigenvalue weighted by Crippen LogP contribution is -2.44. The molecule has 1 saturated heterocycles. The molecule has 116 valence electrons. The van der Waals surface area contributed by atoms with Gasteiger partial charge in [-0.15, -0.1) is 11.8 Å². The van der Waals surface area contributed by atoms with Crippen LogP contribution in [0.2, 0.25) is 5.02 Å². The lowest BCUT2D eigenvalue weighted by molar-refractivity contribution is 0.172. The Bertz CT molecular complexity index is 494. The SMILES string of the molecule is CC(NC1CCSc2ccc(Cl)cc21)C1CCCN(C)C1. The number of hydrogen-bond donors (Lipinski definition) is 1. The van der Waals surface area contributed by atoms with Crippen molar-refractivity contribution in [3.8, 4) is 0 Å². The molecule has 1 N–H and O–H groups in total. The summed E-state index contributed by atoms with van der Waals surface area (Å²) in [5.41, 5.74) is 1.40. The van der Waals surface area contributed by atoms with E-state index in [1.807, 2.05) is 17.8 Å². The summed E-state index contributed by atoms with van der Waals surface area (Å²) in [4.78, 5) is 3.87. The highest BCUT2D eigenvalue weighted by atomic mass is 35.5. The first-order chi connectivity index (χ1) is 10.1. The third kappa shape index (κ3) is 3.76. The maximum Gasteiger partial charge on any atom is 0.0410 e. The zero-order chi connectivity index (χ0) is 14.8. The Morgan fingerprint density at radius 3 is 3.05 bits per heavy atom. The van der Waals surface area contributed by atoms with E-state index in [1.54, 1.807) is 0 Å². The Labute approximate surface area is 137 Å². The van der Waals surface area contributed by atoms with E-state index in [-0.39, 0.29) is 0 Å². The van der Waals surface area contributed by atoms with Crippen LogP contribution in [0.15, 0.2) is 23.1 Å². The molecule has 21 heavy (non-hydrogen) atoms. The zero-order valence-electron chi connectivity index (χ0n) is 12.9. The molecular formula is C17H25ClN2S. The Balaban J connectivity index is 1.69. The normalized spacial score (nSPS) is 28.1. The maximum absolute atomic E-state index is 6.20. The highest BCUT2D eigenvalue weighted by molar-refractivity contribution is 7.99. The summed E-state index contributed by atoms with van der Waals surface area (Å²) in [6.45, 7) is 4.83. The van der Waals surface area contributed by atoms with E-state index in [4.69, 9.17) is 11.6 Å². The van der Waals surface area contributed by atoms with Crippen molar-refractivity contribution in [1.82, 2.24) is 10.2 Å². The second kappa shape index (κ2) is 6.91. The minimum atomic E-state index is 0.460. The fourth-order valence-corrected chi connectivity index (χ4v) is 4.89. The number of rotatable bonds is 3. The number of nitrogens with one attached hydrogen (secondary N) is 1. The molecule has 3 unspecified atom stereocenters. The molecule has 0 radical (unpaired) electrons. The van der Waals surface area contributed by atoms with E-state index in [9.17, 15) is 0 Å². The fourth-order valence-electron chi connectivity index (χ4n) is 3.61. The highest BCUT2D eigenvalue weighted by Crippen LogP contribution is 2.38. The number of halogens is 1. The largest absolute Gasteiger partial charge is 0.307 e. The van der Waals surface area contributed by atoms with Gasteiger partial charge in [0.15, 0.2) is 0 Å². The van der Waals surface area contributed by atoms with Gasteiger partial charge in [0.25, 0.3) is 0 Å². The fraction of sp³-hybridized carbons (Fsp3) is 0.647. The first kappa shape index (κ1) is 15.7. The van der Waals surface area contributed by atoms with Crippen LogP contribution >= 0.6 is 23.4 Å². The Hall–Kier alpha value is -0.220. The second-order valence-electron chi connectivity index (χ2n) is 6.49. The molecule has 2 nitrogen and oxygen atoms in total. The lowest BCUT2D eigenvalue weighted by atomic mass is 9.90. The molecule has 1 aromatic carbocycles. The number of piperidine rings is 1. The van der Waals surface area contributed by atoms with Gasteiger partial charge in [0.1, 0.15) is 0 Å². The topological polar surface area (TPSA) is 15.3 Å². The van der Waals surface area contributed by atoms with E-state index in [2.05, 4.69) is 36.3 Å². The molecule has 0 bridgehead atoms. The summed E-state index contributed by atoms with van der Waals surface area (Å²) in [5.74, 6) is 1.96. The number of hydrogen-bond acceptors (Lipinski definition) is 3. The molecule has 2 aliphatic heterocycles. The third-order valence-electron chi connectivity index (χ3n) is 4.84. The van der Waals surface area contributed by atoms with Gasteiger partial charge in [0, 0.05) is 28.5 Å². The average molecular weight is 325 g/mol. The van der Waals surface area contributed by atoms with Crippen molar-refractivity contribution in [3.63, 3.8) is 0 Å². The van der Waals surface area contributed by atoms with Gasteiger partial charge >= 0.3 is 0 Å². The molecule has 1 fully saturated rings. The van der Waals surface area contributed by atoms with Gasteiger partial charge in [-0.2, -0.15) is 0 Å². The first-order valence-electron chi connectivity index (χ1n) is 8.00. The lowest BCUT2D eigenvalue weighted by Gasteiger charge is -2.37. The Kier molecular flexibility index (Phi) is 5.15. The van der Waals surface area contributed by atoms with Crippen LogP contribution in [0.5, 0.6) is 0 Å². The number of thioether (sulfide) groups is 1. The van der Waals surface area contributed by atoms with Gasteiger partial charge in [0.05, 0.1) is 0 Å². The molecule has 3 atom stereocenters. The van der Waals surface area contributed by atoms with Gasteiger partial charge in [-0.1, -0.05) is 11.6 Å². The predicted molar refractivity (Wildman–Crippen MR) is 92.4 cm³/mol. The predicted octanol–water partition coefficient (Wildman–Crippen LogP) is 4.20. The van der Waals surface area contributed by atoms with Crippen LogP contribution in [0, 0.1) is 5.92 Å². The van der Waals surface area contributed by atoms with Gasteiger partial charge < -0.3 is 10.2 Å². The van der Waals surface area contributed by atoms with Gasteiger partial charge in [-0.05, 0) is 75.2 Å². The van der Waals surface area contributed by atoms with E-state index >= 15 is 0 Å². The van der Waals surface area contributed by atoms with Crippen LogP contribution in [0.1, 0.15) is 37.8 Å². The molecule has 3 rings (SSSR count). The third-order valence-corrected chi connectivity index (χ3v) is 6.20. The molecule has 0 aliphatic carbocycles. The molecule has 0 aromatic heterocycles. The van der Waals surface area contributed by atoms with Crippen molar-refractivity contribution < 1.29 is 0 Å². The summed E-state index contributed by atoms with van der Waals surface area (Å²) >= 11 is 8.16. The molecule has 2 aliphatic rings. The quantitative estimate of drug-likeness (QED) is 0.897. The van der Waals surface area contributed by atoms with Crippen molar-refractivity contribution >= 4 is 23.4 Å². The number of fused-ring (bicyclic) bond motifs is 1. The van der Waals surface area contributed by atoms with Crippen molar-refractivity contribution in [2.75, 3.05) is 25.9 Å². The van der Waals surface area contributed by atoms with Crippen molar-refractivity contribution in [3.05, 3.63) is 28.8 Å². The molecule has 2 heterocycles. The molecule has 0 saturated carbocycles. The maximum atomic E-state index is 6.20. The van der Waals surface area contributed by atoms with E-state index in [0.29, 0.717) is 12.1 Å². The standard InChI is InChI=1S/C17H25ClN2S/c1-12(13-4-3-8-20(2)11-13)19-16-7-9-21-17-6-5-14(18)10-15(16)17/h5-6,10,12-13,16,19H,3-4,7-9,11H2,1-2H3. The minimum Gasteiger partial charge on any atom is -0.307 e. The summed E-state index contributed by atoms with van der Waals surface area (Å²) in [5, 5.41) is 4.75. The van der Waals surface area contributed by atoms with Crippen LogP contribution in [0.3, 0.4) is 0 Å². The van der Waals surface area contributed by atoms with Gasteiger partial charge in [-0.3, -0.25) is 0 Å².